The number of nitrogens with zero attached hydrogens (tertiary/aromatic N) is 1. The fourth-order valence-corrected chi connectivity index (χ4v) is 2.63. The number of carbonyl (C=O) groups is 1. The van der Waals surface area contributed by atoms with Crippen LogP contribution in [0.4, 0.5) is 5.82 Å². The van der Waals surface area contributed by atoms with E-state index in [1.165, 1.54) is 0 Å². The van der Waals surface area contributed by atoms with Crippen molar-refractivity contribution in [3.8, 4) is 0 Å². The Morgan fingerprint density at radius 1 is 1.37 bits per heavy atom. The van der Waals surface area contributed by atoms with Crippen molar-refractivity contribution >= 4 is 27.7 Å². The molecule has 0 unspecified atom stereocenters. The van der Waals surface area contributed by atoms with Gasteiger partial charge < -0.3 is 10.6 Å². The first kappa shape index (κ1) is 12.4. The molecule has 0 radical (unpaired) electrons. The maximum absolute atomic E-state index is 12.2. The molecule has 0 saturated carbocycles. The van der Waals surface area contributed by atoms with E-state index in [0.717, 1.165) is 35.2 Å². The number of nitrogens with one attached hydrogen (secondary N) is 3. The minimum atomic E-state index is -0.152. The Kier molecular flexibility index (Phi) is 3.35. The maximum atomic E-state index is 12.2. The topological polar surface area (TPSA) is 69.8 Å². The van der Waals surface area contributed by atoms with Gasteiger partial charge in [-0.15, -0.1) is 0 Å². The van der Waals surface area contributed by atoms with Crippen molar-refractivity contribution < 1.29 is 4.79 Å². The molecule has 0 aliphatic carbocycles. The quantitative estimate of drug-likeness (QED) is 0.793. The molecule has 0 saturated heterocycles. The first-order chi connectivity index (χ1) is 9.25. The Morgan fingerprint density at radius 3 is 3.05 bits per heavy atom. The number of H-pyrrole nitrogens is 1. The van der Waals surface area contributed by atoms with Crippen molar-refractivity contribution in [1.82, 2.24) is 15.5 Å². The van der Waals surface area contributed by atoms with E-state index >= 15 is 0 Å². The van der Waals surface area contributed by atoms with Crippen LogP contribution in [-0.2, 0) is 13.0 Å². The minimum Gasteiger partial charge on any atom is -0.311 e. The normalized spacial score (nSPS) is 13.9. The molecule has 19 heavy (non-hydrogen) atoms. The summed E-state index contributed by atoms with van der Waals surface area (Å²) >= 11 is 3.38. The lowest BCUT2D eigenvalue weighted by atomic mass is 10.1. The van der Waals surface area contributed by atoms with Crippen LogP contribution in [0.5, 0.6) is 0 Å². The number of rotatable bonds is 2. The largest absolute Gasteiger partial charge is 0.311 e. The van der Waals surface area contributed by atoms with Gasteiger partial charge in [0.25, 0.3) is 5.91 Å². The maximum Gasteiger partial charge on any atom is 0.258 e. The lowest BCUT2D eigenvalue weighted by Crippen LogP contribution is -2.24. The van der Waals surface area contributed by atoms with Gasteiger partial charge >= 0.3 is 0 Å². The fraction of sp³-hybridized carbons (Fsp3) is 0.231. The molecule has 5 nitrogen and oxygen atoms in total. The van der Waals surface area contributed by atoms with Crippen LogP contribution in [0.15, 0.2) is 28.7 Å². The molecule has 98 valence electrons. The number of hydrogen-bond donors (Lipinski definition) is 3. The van der Waals surface area contributed by atoms with Gasteiger partial charge in [-0.3, -0.25) is 9.89 Å². The van der Waals surface area contributed by atoms with Gasteiger partial charge in [0.1, 0.15) is 0 Å². The Labute approximate surface area is 118 Å². The molecule has 1 aliphatic heterocycles. The van der Waals surface area contributed by atoms with E-state index < -0.39 is 0 Å². The van der Waals surface area contributed by atoms with E-state index in [1.807, 2.05) is 18.2 Å². The molecule has 1 aromatic heterocycles. The summed E-state index contributed by atoms with van der Waals surface area (Å²) in [6.45, 7) is 1.68. The van der Waals surface area contributed by atoms with Crippen LogP contribution in [0.25, 0.3) is 0 Å². The van der Waals surface area contributed by atoms with E-state index in [-0.39, 0.29) is 5.91 Å². The van der Waals surface area contributed by atoms with Crippen LogP contribution in [0.3, 0.4) is 0 Å². The van der Waals surface area contributed by atoms with Crippen LogP contribution in [0, 0.1) is 0 Å². The Hall–Kier alpha value is -1.66. The second-order valence-corrected chi connectivity index (χ2v) is 5.24. The molecule has 2 heterocycles. The highest BCUT2D eigenvalue weighted by atomic mass is 79.9. The summed E-state index contributed by atoms with van der Waals surface area (Å²) in [6.07, 6.45) is 0.872. The monoisotopic (exact) mass is 320 g/mol. The molecule has 0 bridgehead atoms. The molecule has 0 atom stereocenters. The van der Waals surface area contributed by atoms with Gasteiger partial charge in [-0.05, 0) is 41.0 Å². The van der Waals surface area contributed by atoms with E-state index in [0.29, 0.717) is 11.4 Å². The number of hydrogen-bond acceptors (Lipinski definition) is 3. The summed E-state index contributed by atoms with van der Waals surface area (Å²) in [5.74, 6) is 0.484. The van der Waals surface area contributed by atoms with Gasteiger partial charge in [0, 0.05) is 16.6 Å². The molecule has 0 fully saturated rings. The third-order valence-electron chi connectivity index (χ3n) is 3.16. The smallest absolute Gasteiger partial charge is 0.258 e. The lowest BCUT2D eigenvalue weighted by Gasteiger charge is -2.13. The average Bonchev–Trinajstić information content (AvgIpc) is 2.83. The highest BCUT2D eigenvalue weighted by Gasteiger charge is 2.19. The van der Waals surface area contributed by atoms with Gasteiger partial charge in [-0.25, -0.2) is 0 Å². The van der Waals surface area contributed by atoms with Gasteiger partial charge in [0.15, 0.2) is 5.82 Å². The third-order valence-corrected chi connectivity index (χ3v) is 3.85. The second kappa shape index (κ2) is 5.14. The van der Waals surface area contributed by atoms with Crippen LogP contribution >= 0.6 is 15.9 Å². The van der Waals surface area contributed by atoms with Crippen LogP contribution in [0.1, 0.15) is 21.6 Å². The summed E-state index contributed by atoms with van der Waals surface area (Å²) in [5.41, 5.74) is 2.75. The summed E-state index contributed by atoms with van der Waals surface area (Å²) in [7, 11) is 0. The number of fused-ring (bicyclic) bond motifs is 1. The number of aromatic nitrogens is 2. The lowest BCUT2D eigenvalue weighted by molar-refractivity contribution is 0.102. The molecular formula is C13H13BrN4O. The Morgan fingerprint density at radius 2 is 2.21 bits per heavy atom. The third kappa shape index (κ3) is 2.41. The van der Waals surface area contributed by atoms with Crippen LogP contribution in [0.2, 0.25) is 0 Å². The predicted molar refractivity (Wildman–Crippen MR) is 76.1 cm³/mol. The summed E-state index contributed by atoms with van der Waals surface area (Å²) in [6, 6.07) is 7.34. The van der Waals surface area contributed by atoms with Crippen molar-refractivity contribution in [2.24, 2.45) is 0 Å². The fourth-order valence-electron chi connectivity index (χ4n) is 2.17. The molecule has 0 spiro atoms. The highest BCUT2D eigenvalue weighted by molar-refractivity contribution is 9.10. The molecule has 3 rings (SSSR count). The van der Waals surface area contributed by atoms with E-state index in [4.69, 9.17) is 0 Å². The minimum absolute atomic E-state index is 0.152. The number of halogens is 1. The van der Waals surface area contributed by atoms with Crippen molar-refractivity contribution in [3.05, 3.63) is 45.6 Å². The van der Waals surface area contributed by atoms with Crippen molar-refractivity contribution in [1.29, 1.82) is 0 Å². The molecule has 6 heteroatoms. The van der Waals surface area contributed by atoms with Crippen molar-refractivity contribution in [2.75, 3.05) is 11.9 Å². The molecule has 3 N–H and O–H groups in total. The zero-order chi connectivity index (χ0) is 13.2. The number of anilines is 1. The molecule has 1 aromatic carbocycles. The SMILES string of the molecule is O=C(Nc1n[nH]c2c1CCNC2)c1ccccc1Br. The Bertz CT molecular complexity index is 623. The van der Waals surface area contributed by atoms with E-state index in [1.54, 1.807) is 6.07 Å². The summed E-state index contributed by atoms with van der Waals surface area (Å²) in [5, 5.41) is 13.3. The number of benzene rings is 1. The van der Waals surface area contributed by atoms with Gasteiger partial charge in [0.2, 0.25) is 0 Å². The molecule has 1 amide bonds. The number of carbonyl (C=O) groups excluding carboxylic acids is 1. The second-order valence-electron chi connectivity index (χ2n) is 4.39. The van der Waals surface area contributed by atoms with Crippen LogP contribution in [-0.4, -0.2) is 22.6 Å². The summed E-state index contributed by atoms with van der Waals surface area (Å²) < 4.78 is 0.776. The Balaban J connectivity index is 1.84. The predicted octanol–water partition coefficient (Wildman–Crippen LogP) is 2.07. The molecule has 2 aromatic rings. The van der Waals surface area contributed by atoms with Crippen molar-refractivity contribution in [3.63, 3.8) is 0 Å². The average molecular weight is 321 g/mol. The molecule has 1 aliphatic rings. The number of amides is 1. The van der Waals surface area contributed by atoms with Gasteiger partial charge in [-0.1, -0.05) is 12.1 Å². The van der Waals surface area contributed by atoms with Gasteiger partial charge in [0.05, 0.1) is 11.3 Å². The zero-order valence-corrected chi connectivity index (χ0v) is 11.8. The van der Waals surface area contributed by atoms with E-state index in [2.05, 4.69) is 36.8 Å². The van der Waals surface area contributed by atoms with Crippen LogP contribution < -0.4 is 10.6 Å². The zero-order valence-electron chi connectivity index (χ0n) is 10.2. The van der Waals surface area contributed by atoms with Gasteiger partial charge in [-0.2, -0.15) is 5.10 Å². The summed E-state index contributed by atoms with van der Waals surface area (Å²) in [4.78, 5) is 12.2. The molecular weight excluding hydrogens is 308 g/mol. The van der Waals surface area contributed by atoms with E-state index in [9.17, 15) is 4.79 Å². The highest BCUT2D eigenvalue weighted by Crippen LogP contribution is 2.22. The first-order valence-corrected chi connectivity index (χ1v) is 6.87. The standard InChI is InChI=1S/C13H13BrN4O/c14-10-4-2-1-3-8(10)13(19)16-12-9-5-6-15-7-11(9)17-18-12/h1-4,15H,5-7H2,(H2,16,17,18,19). The first-order valence-electron chi connectivity index (χ1n) is 6.08. The van der Waals surface area contributed by atoms with Crippen molar-refractivity contribution in [2.45, 2.75) is 13.0 Å². The number of aromatic amines is 1.